The number of halogens is 4. The highest BCUT2D eigenvalue weighted by Gasteiger charge is 2.57. The lowest BCUT2D eigenvalue weighted by Crippen LogP contribution is -2.48. The Kier molecular flexibility index (Phi) is 6.87. The molecule has 8 heteroatoms. The zero-order valence-corrected chi connectivity index (χ0v) is 16.3. The van der Waals surface area contributed by atoms with Crippen molar-refractivity contribution in [2.75, 3.05) is 20.3 Å². The molecule has 3 unspecified atom stereocenters. The van der Waals surface area contributed by atoms with Crippen LogP contribution in [0.5, 0.6) is 0 Å². The Morgan fingerprint density at radius 3 is 2.69 bits per heavy atom. The molecule has 0 radical (unpaired) electrons. The Hall–Kier alpha value is -2.64. The molecule has 2 rings (SSSR count). The molecule has 0 saturated carbocycles. The first kappa shape index (κ1) is 22.6. The highest BCUT2D eigenvalue weighted by atomic mass is 19.4. The fourth-order valence-corrected chi connectivity index (χ4v) is 3.77. The fourth-order valence-electron chi connectivity index (χ4n) is 3.77. The van der Waals surface area contributed by atoms with Gasteiger partial charge in [-0.25, -0.2) is 4.39 Å². The van der Waals surface area contributed by atoms with E-state index in [0.29, 0.717) is 0 Å². The van der Waals surface area contributed by atoms with E-state index in [1.165, 1.54) is 43.2 Å². The predicted molar refractivity (Wildman–Crippen MR) is 102 cm³/mol. The third-order valence-corrected chi connectivity index (χ3v) is 5.38. The summed E-state index contributed by atoms with van der Waals surface area (Å²) in [6.07, 6.45) is 5.10. The summed E-state index contributed by atoms with van der Waals surface area (Å²) in [6, 6.07) is 0. The summed E-state index contributed by atoms with van der Waals surface area (Å²) in [4.78, 5) is 27.1. The van der Waals surface area contributed by atoms with Crippen molar-refractivity contribution in [3.63, 3.8) is 0 Å². The molecule has 1 aliphatic carbocycles. The Balaban J connectivity index is 2.35. The van der Waals surface area contributed by atoms with Gasteiger partial charge in [-0.05, 0) is 25.3 Å². The summed E-state index contributed by atoms with van der Waals surface area (Å²) < 4.78 is 52.7. The molecule has 0 aromatic rings. The number of allylic oxidation sites excluding steroid dienone is 9. The summed E-state index contributed by atoms with van der Waals surface area (Å²) >= 11 is 0. The maximum atomic E-state index is 13.3. The van der Waals surface area contributed by atoms with Crippen molar-refractivity contribution in [2.45, 2.75) is 19.5 Å². The van der Waals surface area contributed by atoms with Crippen LogP contribution >= 0.6 is 0 Å². The van der Waals surface area contributed by atoms with Crippen molar-refractivity contribution in [3.05, 3.63) is 60.4 Å². The molecule has 1 fully saturated rings. The maximum Gasteiger partial charge on any atom is 0.416 e. The highest BCUT2D eigenvalue weighted by Crippen LogP contribution is 2.45. The summed E-state index contributed by atoms with van der Waals surface area (Å²) in [5, 5.41) is 2.42. The molecule has 158 valence electrons. The normalized spacial score (nSPS) is 28.1. The molecule has 0 spiro atoms. The van der Waals surface area contributed by atoms with Crippen LogP contribution in [0.15, 0.2) is 60.4 Å². The number of nitrogens with zero attached hydrogens (tertiary/aromatic N) is 1. The van der Waals surface area contributed by atoms with Gasteiger partial charge in [0.25, 0.3) is 0 Å². The Labute approximate surface area is 167 Å². The molecule has 1 N–H and O–H groups in total. The van der Waals surface area contributed by atoms with Gasteiger partial charge in [0.05, 0.1) is 5.57 Å². The van der Waals surface area contributed by atoms with Crippen molar-refractivity contribution in [2.24, 2.45) is 17.3 Å². The monoisotopic (exact) mass is 412 g/mol. The molecule has 3 atom stereocenters. The van der Waals surface area contributed by atoms with E-state index in [9.17, 15) is 27.2 Å². The van der Waals surface area contributed by atoms with Crippen LogP contribution in [0, 0.1) is 17.3 Å². The summed E-state index contributed by atoms with van der Waals surface area (Å²) in [5.74, 6) is -2.58. The summed E-state index contributed by atoms with van der Waals surface area (Å²) in [7, 11) is 1.50. The quantitative estimate of drug-likeness (QED) is 0.409. The summed E-state index contributed by atoms with van der Waals surface area (Å²) in [5.41, 5.74) is -2.46. The smallest absolute Gasteiger partial charge is 0.344 e. The topological polar surface area (TPSA) is 49.4 Å². The predicted octanol–water partition coefficient (Wildman–Crippen LogP) is 3.86. The number of carbonyl (C=O) groups is 2. The number of rotatable bonds is 6. The van der Waals surface area contributed by atoms with Gasteiger partial charge in [0, 0.05) is 25.2 Å². The summed E-state index contributed by atoms with van der Waals surface area (Å²) in [6.45, 7) is 4.06. The van der Waals surface area contributed by atoms with Gasteiger partial charge in [0.2, 0.25) is 11.8 Å². The van der Waals surface area contributed by atoms with Gasteiger partial charge in [-0.3, -0.25) is 9.59 Å². The lowest BCUT2D eigenvalue weighted by Gasteiger charge is -2.33. The lowest BCUT2D eigenvalue weighted by atomic mass is 9.69. The number of likely N-dealkylation sites (tertiary alicyclic amines) is 1. The first-order chi connectivity index (χ1) is 13.6. The second-order valence-electron chi connectivity index (χ2n) is 7.32. The minimum Gasteiger partial charge on any atom is -0.344 e. The van der Waals surface area contributed by atoms with E-state index in [1.807, 2.05) is 0 Å². The van der Waals surface area contributed by atoms with E-state index in [1.54, 1.807) is 6.08 Å². The van der Waals surface area contributed by atoms with Crippen LogP contribution < -0.4 is 5.32 Å². The number of nitrogens with one attached hydrogen (secondary N) is 1. The van der Waals surface area contributed by atoms with E-state index < -0.39 is 47.5 Å². The second-order valence-corrected chi connectivity index (χ2v) is 7.32. The van der Waals surface area contributed by atoms with Gasteiger partial charge in [-0.2, -0.15) is 13.2 Å². The fraction of sp³-hybridized carbons (Fsp3) is 0.429. The molecule has 1 aliphatic heterocycles. The average molecular weight is 412 g/mol. The molecule has 4 nitrogen and oxygen atoms in total. The van der Waals surface area contributed by atoms with Crippen LogP contribution in [-0.4, -0.2) is 43.2 Å². The van der Waals surface area contributed by atoms with Crippen LogP contribution in [-0.2, 0) is 9.59 Å². The largest absolute Gasteiger partial charge is 0.416 e. The molecular weight excluding hydrogens is 388 g/mol. The third kappa shape index (κ3) is 4.68. The van der Waals surface area contributed by atoms with Crippen LogP contribution in [0.25, 0.3) is 0 Å². The van der Waals surface area contributed by atoms with Crippen molar-refractivity contribution in [1.82, 2.24) is 10.2 Å². The molecule has 1 heterocycles. The van der Waals surface area contributed by atoms with Crippen molar-refractivity contribution < 1.29 is 27.2 Å². The van der Waals surface area contributed by atoms with Gasteiger partial charge >= 0.3 is 6.18 Å². The zero-order valence-electron chi connectivity index (χ0n) is 16.3. The highest BCUT2D eigenvalue weighted by molar-refractivity contribution is 6.07. The van der Waals surface area contributed by atoms with E-state index in [2.05, 4.69) is 11.9 Å². The number of amides is 2. The SMILES string of the molecule is C=C/C=C\C=C(/CF)NC(=O)C1(C)C(=O)N(C)CC1C1C=C(C(F)(F)F)C=CC1. The molecular formula is C21H24F4N2O2. The van der Waals surface area contributed by atoms with Crippen molar-refractivity contribution in [1.29, 1.82) is 0 Å². The van der Waals surface area contributed by atoms with Crippen molar-refractivity contribution in [3.8, 4) is 0 Å². The minimum absolute atomic E-state index is 0.0505. The van der Waals surface area contributed by atoms with E-state index in [-0.39, 0.29) is 18.7 Å². The van der Waals surface area contributed by atoms with Gasteiger partial charge in [0.15, 0.2) is 0 Å². The maximum absolute atomic E-state index is 13.3. The van der Waals surface area contributed by atoms with E-state index >= 15 is 0 Å². The molecule has 2 amide bonds. The van der Waals surface area contributed by atoms with Crippen LogP contribution in [0.2, 0.25) is 0 Å². The van der Waals surface area contributed by atoms with Crippen molar-refractivity contribution >= 4 is 11.8 Å². The molecule has 0 aromatic heterocycles. The van der Waals surface area contributed by atoms with Gasteiger partial charge in [-0.15, -0.1) is 0 Å². The molecule has 2 aliphatic rings. The Morgan fingerprint density at radius 2 is 2.10 bits per heavy atom. The van der Waals surface area contributed by atoms with Gasteiger partial charge in [-0.1, -0.05) is 43.0 Å². The molecule has 1 saturated heterocycles. The van der Waals surface area contributed by atoms with E-state index in [0.717, 1.165) is 12.2 Å². The lowest BCUT2D eigenvalue weighted by molar-refractivity contribution is -0.145. The average Bonchev–Trinajstić information content (AvgIpc) is 2.92. The number of alkyl halides is 4. The molecule has 29 heavy (non-hydrogen) atoms. The standard InChI is InChI=1S/C21H24F4N2O2/c1-4-5-6-10-16(12-22)26-18(28)20(2)17(13-27(3)19(20)29)14-8-7-9-15(11-14)21(23,24)25/h4-7,9-11,14,17H,1,8,12-13H2,2-3H3,(H,26,28)/b6-5-,16-10+. The number of hydrogen-bond acceptors (Lipinski definition) is 2. The minimum atomic E-state index is -4.51. The van der Waals surface area contributed by atoms with Crippen LogP contribution in [0.3, 0.4) is 0 Å². The van der Waals surface area contributed by atoms with E-state index in [4.69, 9.17) is 0 Å². The van der Waals surface area contributed by atoms with Gasteiger partial charge in [0.1, 0.15) is 12.1 Å². The Bertz CT molecular complexity index is 795. The zero-order chi connectivity index (χ0) is 21.8. The second kappa shape index (κ2) is 8.80. The van der Waals surface area contributed by atoms with Crippen LogP contribution in [0.1, 0.15) is 13.3 Å². The van der Waals surface area contributed by atoms with Gasteiger partial charge < -0.3 is 10.2 Å². The number of hydrogen-bond donors (Lipinski definition) is 1. The molecule has 0 bridgehead atoms. The third-order valence-electron chi connectivity index (χ3n) is 5.38. The first-order valence-corrected chi connectivity index (χ1v) is 9.12. The van der Waals surface area contributed by atoms with Crippen LogP contribution in [0.4, 0.5) is 17.6 Å². The number of carbonyl (C=O) groups excluding carboxylic acids is 2. The molecule has 0 aromatic carbocycles. The Morgan fingerprint density at radius 1 is 1.41 bits per heavy atom. The first-order valence-electron chi connectivity index (χ1n) is 9.12.